The Labute approximate surface area is 78.4 Å². The molecule has 2 aromatic heterocycles. The molecule has 57 valence electrons. The van der Waals surface area contributed by atoms with E-state index in [1.165, 1.54) is 4.59 Å². The quantitative estimate of drug-likeness (QED) is 0.454. The van der Waals surface area contributed by atoms with Gasteiger partial charge < -0.3 is 9.12 Å². The van der Waals surface area contributed by atoms with Crippen LogP contribution in [-0.2, 0) is 0 Å². The van der Waals surface area contributed by atoms with Gasteiger partial charge in [0.15, 0.2) is 7.85 Å². The van der Waals surface area contributed by atoms with E-state index in [1.54, 1.807) is 25.7 Å². The Balaban J connectivity index is 2.14. The van der Waals surface area contributed by atoms with Gasteiger partial charge in [-0.15, -0.1) is 0 Å². The zero-order chi connectivity index (χ0) is 9.26. The minimum atomic E-state index is 0.284. The van der Waals surface area contributed by atoms with Crippen LogP contribution in [0.1, 0.15) is 0 Å². The highest BCUT2D eigenvalue weighted by Crippen LogP contribution is 1.76. The molecule has 0 amide bonds. The largest absolute Gasteiger partial charge is 0.374 e. The average Bonchev–Trinajstić information content (AvgIpc) is 2.62. The van der Waals surface area contributed by atoms with Gasteiger partial charge in [-0.1, -0.05) is 5.16 Å². The molecule has 0 saturated heterocycles. The van der Waals surface area contributed by atoms with E-state index < -0.39 is 0 Å². The number of hydrogen-bond acceptors (Lipinski definition) is 3. The van der Waals surface area contributed by atoms with Crippen molar-refractivity contribution in [2.75, 3.05) is 0 Å². The molecule has 4 nitrogen and oxygen atoms in total. The normalized spacial score (nSPS) is 10.2. The molecular formula is C6H3B3N3O. The molecule has 0 aliphatic carbocycles. The molecule has 0 aromatic carbocycles. The fourth-order valence-electron chi connectivity index (χ4n) is 0.970. The van der Waals surface area contributed by atoms with Crippen molar-refractivity contribution in [2.24, 2.45) is 0 Å². The van der Waals surface area contributed by atoms with Crippen LogP contribution in [0.4, 0.5) is 0 Å². The van der Waals surface area contributed by atoms with Gasteiger partial charge in [0.25, 0.3) is 7.98 Å². The fraction of sp³-hybridized carbons (Fsp3) is 0. The van der Waals surface area contributed by atoms with Crippen molar-refractivity contribution in [1.82, 2.24) is 14.8 Å². The van der Waals surface area contributed by atoms with Gasteiger partial charge in [-0.3, -0.25) is 0 Å². The van der Waals surface area contributed by atoms with Crippen LogP contribution in [0.25, 0.3) is 0 Å². The number of aromatic nitrogens is 3. The van der Waals surface area contributed by atoms with E-state index in [9.17, 15) is 0 Å². The second-order valence-corrected chi connectivity index (χ2v) is 2.55. The summed E-state index contributed by atoms with van der Waals surface area (Å²) in [6, 6.07) is 1.62. The lowest BCUT2D eigenvalue weighted by Gasteiger charge is -1.86. The highest BCUT2D eigenvalue weighted by Gasteiger charge is 2.04. The van der Waals surface area contributed by atoms with Crippen molar-refractivity contribution >= 4 is 39.8 Å². The van der Waals surface area contributed by atoms with E-state index in [0.717, 1.165) is 5.46 Å². The Morgan fingerprint density at radius 3 is 2.92 bits per heavy atom. The maximum atomic E-state index is 5.35. The summed E-state index contributed by atoms with van der Waals surface area (Å²) in [6.07, 6.45) is 3.27. The highest BCUT2D eigenvalue weighted by atomic mass is 16.5. The molecule has 0 spiro atoms. The third-order valence-corrected chi connectivity index (χ3v) is 1.48. The first-order valence-corrected chi connectivity index (χ1v) is 3.61. The topological polar surface area (TPSA) is 43.9 Å². The van der Waals surface area contributed by atoms with Gasteiger partial charge in [0, 0.05) is 18.0 Å². The van der Waals surface area contributed by atoms with Gasteiger partial charge >= 0.3 is 0 Å². The fourth-order valence-corrected chi connectivity index (χ4v) is 0.970. The Hall–Kier alpha value is -1.39. The minimum Gasteiger partial charge on any atom is -0.374 e. The summed E-state index contributed by atoms with van der Waals surface area (Å²) in [4.78, 5) is 0. The summed E-state index contributed by atoms with van der Waals surface area (Å²) in [7, 11) is 12.5. The van der Waals surface area contributed by atoms with Crippen molar-refractivity contribution in [3.8, 4) is 0 Å². The Bertz CT molecular complexity index is 372. The van der Waals surface area contributed by atoms with Crippen molar-refractivity contribution in [3.63, 3.8) is 0 Å². The smallest absolute Gasteiger partial charge is 0.264 e. The molecule has 0 unspecified atom stereocenters. The van der Waals surface area contributed by atoms with Crippen LogP contribution >= 0.6 is 0 Å². The lowest BCUT2D eigenvalue weighted by molar-refractivity contribution is 0.452. The van der Waals surface area contributed by atoms with Crippen LogP contribution < -0.4 is 16.7 Å². The first-order valence-electron chi connectivity index (χ1n) is 3.61. The standard InChI is InChI=1S/C6H3B3N3O/c7-5-1-6(11-13-5)9-4-2-10-12(8)3-4/h1-3H. The molecule has 0 fully saturated rings. The van der Waals surface area contributed by atoms with Crippen molar-refractivity contribution < 1.29 is 4.52 Å². The van der Waals surface area contributed by atoms with E-state index in [-0.39, 0.29) is 5.66 Å². The molecule has 13 heavy (non-hydrogen) atoms. The molecule has 0 atom stereocenters. The van der Waals surface area contributed by atoms with E-state index in [2.05, 4.69) is 14.8 Å². The first kappa shape index (κ1) is 8.22. The van der Waals surface area contributed by atoms with Crippen molar-refractivity contribution in [1.29, 1.82) is 0 Å². The third-order valence-electron chi connectivity index (χ3n) is 1.48. The molecule has 2 aromatic rings. The summed E-state index contributed by atoms with van der Waals surface area (Å²) in [6.45, 7) is 0. The molecule has 0 aliphatic rings. The van der Waals surface area contributed by atoms with E-state index in [1.807, 2.05) is 0 Å². The molecule has 7 heteroatoms. The maximum absolute atomic E-state index is 5.35. The van der Waals surface area contributed by atoms with Gasteiger partial charge in [0.05, 0.1) is 5.66 Å². The molecule has 0 saturated carbocycles. The van der Waals surface area contributed by atoms with Crippen LogP contribution in [-0.4, -0.2) is 38.0 Å². The number of rotatable bonds is 2. The predicted molar refractivity (Wildman–Crippen MR) is 50.3 cm³/mol. The van der Waals surface area contributed by atoms with Crippen LogP contribution in [0.5, 0.6) is 0 Å². The Morgan fingerprint density at radius 1 is 1.54 bits per heavy atom. The lowest BCUT2D eigenvalue weighted by atomic mass is 9.68. The van der Waals surface area contributed by atoms with Crippen LogP contribution in [0, 0.1) is 0 Å². The van der Waals surface area contributed by atoms with Gasteiger partial charge in [-0.25, -0.2) is 0 Å². The van der Waals surface area contributed by atoms with Gasteiger partial charge in [0.2, 0.25) is 7.28 Å². The third kappa shape index (κ3) is 1.85. The van der Waals surface area contributed by atoms with Gasteiger partial charge in [-0.05, 0) is 11.5 Å². The van der Waals surface area contributed by atoms with Crippen LogP contribution in [0.15, 0.2) is 23.0 Å². The monoisotopic (exact) mass is 166 g/mol. The molecule has 2 rings (SSSR count). The number of hydrogen-bond donors (Lipinski definition) is 0. The average molecular weight is 166 g/mol. The molecule has 0 bridgehead atoms. The Kier molecular flexibility index (Phi) is 2.00. The second kappa shape index (κ2) is 3.16. The molecular weight excluding hydrogens is 163 g/mol. The van der Waals surface area contributed by atoms with Crippen LogP contribution in [0.3, 0.4) is 0 Å². The summed E-state index contributed by atoms with van der Waals surface area (Å²) in [5.74, 6) is 0. The first-order chi connectivity index (χ1) is 6.24. The number of nitrogens with zero attached hydrogens (tertiary/aromatic N) is 3. The van der Waals surface area contributed by atoms with E-state index >= 15 is 0 Å². The maximum Gasteiger partial charge on any atom is 0.264 e. The van der Waals surface area contributed by atoms with E-state index in [0.29, 0.717) is 5.59 Å². The lowest BCUT2D eigenvalue weighted by Crippen LogP contribution is -2.27. The second-order valence-electron chi connectivity index (χ2n) is 2.55. The van der Waals surface area contributed by atoms with Crippen LogP contribution in [0.2, 0.25) is 0 Å². The van der Waals surface area contributed by atoms with Gasteiger partial charge in [0.1, 0.15) is 0 Å². The minimum absolute atomic E-state index is 0.284. The zero-order valence-electron chi connectivity index (χ0n) is 6.71. The molecule has 5 radical (unpaired) electrons. The summed E-state index contributed by atoms with van der Waals surface area (Å²) < 4.78 is 5.90. The summed E-state index contributed by atoms with van der Waals surface area (Å²) >= 11 is 0. The van der Waals surface area contributed by atoms with Gasteiger partial charge in [-0.2, -0.15) is 5.10 Å². The van der Waals surface area contributed by atoms with E-state index in [4.69, 9.17) is 15.8 Å². The highest BCUT2D eigenvalue weighted by molar-refractivity contribution is 6.66. The summed E-state index contributed by atoms with van der Waals surface area (Å²) in [5.41, 5.74) is 1.77. The van der Waals surface area contributed by atoms with Crippen molar-refractivity contribution in [3.05, 3.63) is 18.5 Å². The zero-order valence-corrected chi connectivity index (χ0v) is 6.71. The molecule has 0 aliphatic heterocycles. The Morgan fingerprint density at radius 2 is 2.38 bits per heavy atom. The summed E-state index contributed by atoms with van der Waals surface area (Å²) in [5, 5.41) is 7.48. The predicted octanol–water partition coefficient (Wildman–Crippen LogP) is -2.75. The van der Waals surface area contributed by atoms with Crippen molar-refractivity contribution in [2.45, 2.75) is 0 Å². The molecule has 0 N–H and O–H groups in total. The SMILES string of the molecule is [B]c1cc([B]c2cnn([B])c2)no1. The molecule has 2 heterocycles.